The molecule has 12 heterocycles. The first-order valence-electron chi connectivity index (χ1n) is 25.5. The van der Waals surface area contributed by atoms with E-state index < -0.39 is 24.1 Å². The molecule has 0 aliphatic rings. The summed E-state index contributed by atoms with van der Waals surface area (Å²) in [5.41, 5.74) is 3.34. The van der Waals surface area contributed by atoms with Crippen molar-refractivity contribution in [3.05, 3.63) is 276 Å². The first-order valence-corrected chi connectivity index (χ1v) is 27.1. The summed E-state index contributed by atoms with van der Waals surface area (Å²) in [5, 5.41) is 18.8. The van der Waals surface area contributed by atoms with Crippen molar-refractivity contribution in [3.63, 3.8) is 0 Å². The Bertz CT molecular complexity index is 4780. The van der Waals surface area contributed by atoms with E-state index >= 15 is 0 Å². The lowest BCUT2D eigenvalue weighted by molar-refractivity contribution is -0.275. The van der Waals surface area contributed by atoms with E-state index in [0.717, 1.165) is 8.95 Å². The minimum Gasteiger partial charge on any atom is -0.406 e. The maximum Gasteiger partial charge on any atom is 0.573 e. The molecule has 22 nitrogen and oxygen atoms in total. The van der Waals surface area contributed by atoms with E-state index in [1.165, 1.54) is 98.6 Å². The number of nitrogens with one attached hydrogen (secondary N) is 1. The average Bonchev–Trinajstić information content (AvgIpc) is 1.83. The normalized spacial score (nSPS) is 11.2. The molecule has 2 aromatic carbocycles. The van der Waals surface area contributed by atoms with Gasteiger partial charge in [0.1, 0.15) is 17.3 Å². The Morgan fingerprint density at radius 2 is 0.787 bits per heavy atom. The number of fused-ring (bicyclic) bond motifs is 4. The summed E-state index contributed by atoms with van der Waals surface area (Å²) >= 11 is 6.57. The molecule has 89 heavy (non-hydrogen) atoms. The van der Waals surface area contributed by atoms with E-state index in [0.29, 0.717) is 62.3 Å². The van der Waals surface area contributed by atoms with E-state index in [1.54, 1.807) is 134 Å². The highest BCUT2D eigenvalue weighted by molar-refractivity contribution is 9.10. The zero-order valence-corrected chi connectivity index (χ0v) is 48.0. The van der Waals surface area contributed by atoms with Gasteiger partial charge in [0.25, 0.3) is 0 Å². The highest BCUT2D eigenvalue weighted by Crippen LogP contribution is 2.28. The predicted octanol–water partition coefficient (Wildman–Crippen LogP) is 10.5. The number of aromatic amines is 1. The van der Waals surface area contributed by atoms with Gasteiger partial charge < -0.3 is 9.47 Å². The summed E-state index contributed by atoms with van der Waals surface area (Å²) in [7, 11) is 0. The smallest absolute Gasteiger partial charge is 0.406 e. The highest BCUT2D eigenvalue weighted by atomic mass is 79.9. The number of alkyl halides is 6. The van der Waals surface area contributed by atoms with Crippen molar-refractivity contribution in [2.45, 2.75) is 12.7 Å². The lowest BCUT2D eigenvalue weighted by Gasteiger charge is -2.09. The van der Waals surface area contributed by atoms with Crippen molar-refractivity contribution in [1.29, 1.82) is 0 Å². The Kier molecular flexibility index (Phi) is 18.2. The quantitative estimate of drug-likeness (QED) is 0.146. The van der Waals surface area contributed by atoms with Crippen LogP contribution in [0.5, 0.6) is 11.5 Å². The topological polar surface area (TPSA) is 238 Å². The van der Waals surface area contributed by atoms with Crippen LogP contribution in [0.1, 0.15) is 0 Å². The number of hydrogen-bond donors (Lipinski definition) is 1. The Labute approximate surface area is 509 Å². The van der Waals surface area contributed by atoms with Gasteiger partial charge in [0, 0.05) is 58.5 Å². The first-order chi connectivity index (χ1) is 42.7. The zero-order chi connectivity index (χ0) is 62.8. The van der Waals surface area contributed by atoms with Crippen LogP contribution in [0, 0.1) is 5.82 Å². The van der Waals surface area contributed by atoms with Gasteiger partial charge in [0.05, 0.1) is 6.20 Å². The Morgan fingerprint density at radius 1 is 0.404 bits per heavy atom. The van der Waals surface area contributed by atoms with E-state index in [1.807, 2.05) is 18.2 Å². The molecule has 0 fully saturated rings. The van der Waals surface area contributed by atoms with E-state index in [2.05, 4.69) is 86.8 Å². The van der Waals surface area contributed by atoms with Crippen LogP contribution in [-0.2, 0) is 0 Å². The molecular formula is C58H37Br2F7N16O6. The molecule has 0 radical (unpaired) electrons. The number of hydrogen-bond acceptors (Lipinski definition) is 14. The van der Waals surface area contributed by atoms with Gasteiger partial charge in [0.15, 0.2) is 40.0 Å². The molecule has 0 saturated heterocycles. The van der Waals surface area contributed by atoms with Gasteiger partial charge in [-0.2, -0.15) is 19.1 Å². The van der Waals surface area contributed by atoms with Crippen LogP contribution in [0.3, 0.4) is 0 Å². The molecule has 0 atom stereocenters. The second-order valence-corrected chi connectivity index (χ2v) is 19.8. The molecule has 0 spiro atoms. The molecule has 1 N–H and O–H groups in total. The number of ether oxygens (including phenoxy) is 2. The summed E-state index contributed by atoms with van der Waals surface area (Å²) in [4.78, 5) is 64.1. The monoisotopic (exact) mass is 1340 g/mol. The summed E-state index contributed by atoms with van der Waals surface area (Å²) < 4.78 is 104. The Morgan fingerprint density at radius 3 is 1.15 bits per heavy atom. The second-order valence-electron chi connectivity index (χ2n) is 17.9. The Balaban J connectivity index is 0.000000131. The van der Waals surface area contributed by atoms with E-state index in [4.69, 9.17) is 0 Å². The fraction of sp³-hybridized carbons (Fsp3) is 0.0345. The summed E-state index contributed by atoms with van der Waals surface area (Å²) in [5.74, 6) is 0.377. The van der Waals surface area contributed by atoms with Crippen LogP contribution in [0.4, 0.5) is 30.7 Å². The minimum absolute atomic E-state index is 0.221. The van der Waals surface area contributed by atoms with Gasteiger partial charge in [-0.05, 0) is 175 Å². The van der Waals surface area contributed by atoms with Gasteiger partial charge in [-0.3, -0.25) is 4.98 Å². The number of aromatic nitrogens is 16. The molecule has 448 valence electrons. The van der Waals surface area contributed by atoms with Crippen LogP contribution >= 0.6 is 31.9 Å². The fourth-order valence-corrected chi connectivity index (χ4v) is 8.72. The van der Waals surface area contributed by atoms with Crippen LogP contribution in [0.15, 0.2) is 248 Å². The lowest BCUT2D eigenvalue weighted by Crippen LogP contribution is -2.20. The van der Waals surface area contributed by atoms with Crippen molar-refractivity contribution < 1.29 is 40.2 Å². The molecule has 0 unspecified atom stereocenters. The van der Waals surface area contributed by atoms with E-state index in [-0.39, 0.29) is 28.7 Å². The SMILES string of the molecule is Fc1cccnc1.O=c1[nH]nc2ccc(Br)cn12.O=c1n(-c2ccccn2)nc2ccc(-c3ccc(OC(F)(F)F)cc3)cn12.O=c1n(-c2ccccn2)nc2ccc(-c3ccc(OC(F)(F)F)cc3)cn12.O=c1n(-c2ccccn2)nc2ccc(Br)cn12. The third kappa shape index (κ3) is 15.3. The summed E-state index contributed by atoms with van der Waals surface area (Å²) in [6.45, 7) is 0. The molecular weight excluding hydrogens is 1310 g/mol. The highest BCUT2D eigenvalue weighted by Gasteiger charge is 2.32. The minimum atomic E-state index is -4.74. The third-order valence-corrected chi connectivity index (χ3v) is 12.9. The predicted molar refractivity (Wildman–Crippen MR) is 315 cm³/mol. The fourth-order valence-electron chi connectivity index (χ4n) is 8.04. The average molecular weight is 1350 g/mol. The number of pyridine rings is 8. The van der Waals surface area contributed by atoms with Crippen molar-refractivity contribution in [2.75, 3.05) is 0 Å². The maximum absolute atomic E-state index is 12.6. The van der Waals surface area contributed by atoms with E-state index in [9.17, 15) is 49.9 Å². The van der Waals surface area contributed by atoms with Gasteiger partial charge in [-0.15, -0.1) is 41.6 Å². The molecule has 14 aromatic rings. The number of nitrogens with zero attached hydrogens (tertiary/aromatic N) is 15. The van der Waals surface area contributed by atoms with Crippen molar-refractivity contribution >= 4 is 54.4 Å². The molecule has 31 heteroatoms. The lowest BCUT2D eigenvalue weighted by atomic mass is 10.1. The van der Waals surface area contributed by atoms with Crippen LogP contribution in [0.25, 0.3) is 62.3 Å². The summed E-state index contributed by atoms with van der Waals surface area (Å²) in [6.07, 6.45) is 4.45. The van der Waals surface area contributed by atoms with Gasteiger partial charge in [-0.25, -0.2) is 61.2 Å². The molecule has 0 bridgehead atoms. The van der Waals surface area contributed by atoms with Crippen molar-refractivity contribution in [1.82, 2.24) is 77.1 Å². The summed E-state index contributed by atoms with van der Waals surface area (Å²) in [6, 6.07) is 43.3. The first kappa shape index (κ1) is 60.9. The molecule has 0 saturated carbocycles. The van der Waals surface area contributed by atoms with Gasteiger partial charge in [-0.1, -0.05) is 42.5 Å². The molecule has 0 amide bonds. The van der Waals surface area contributed by atoms with Crippen LogP contribution in [0.2, 0.25) is 0 Å². The van der Waals surface area contributed by atoms with Crippen molar-refractivity contribution in [3.8, 4) is 51.2 Å². The molecule has 14 rings (SSSR count). The second kappa shape index (κ2) is 26.6. The number of halogens is 9. The van der Waals surface area contributed by atoms with Gasteiger partial charge in [0.2, 0.25) is 0 Å². The number of rotatable bonds is 7. The largest absolute Gasteiger partial charge is 0.573 e. The van der Waals surface area contributed by atoms with Crippen LogP contribution < -0.4 is 32.2 Å². The van der Waals surface area contributed by atoms with Crippen LogP contribution in [-0.4, -0.2) is 89.8 Å². The standard InChI is InChI=1S/2C18H11F3N4O2.C11H7BrN4O.C6H4BrN3O.C5H4FN/c2*19-18(20,21)27-14-7-4-12(5-8-14)13-6-9-16-23-25(17(26)24(16)11-13)15-3-1-2-10-22-15;12-8-4-5-10-14-16(11(17)15(10)7-8)9-3-1-2-6-13-9;7-4-1-2-5-8-9-6(11)10(5)3-4;6-5-2-1-3-7-4-5/h2*1-11H;1-7H;1-3H,(H,9,11);1-4H. The molecule has 0 aliphatic heterocycles. The number of benzene rings is 2. The zero-order valence-electron chi connectivity index (χ0n) is 44.8. The maximum atomic E-state index is 12.6. The molecule has 0 aliphatic carbocycles. The van der Waals surface area contributed by atoms with Crippen molar-refractivity contribution in [2.24, 2.45) is 0 Å². The number of H-pyrrole nitrogens is 1. The Hall–Kier alpha value is -11.2. The third-order valence-electron chi connectivity index (χ3n) is 12.0. The molecule has 12 aromatic heterocycles. The van der Waals surface area contributed by atoms with Gasteiger partial charge >= 0.3 is 35.5 Å².